The molecule has 0 aliphatic carbocycles. The molecule has 1 saturated heterocycles. The number of carbonyl (C=O) groups is 1. The SMILES string of the molecule is CC.Cc1ccc2[nH]ncc2c1-c1cc(C2=CC=CC(OC3CCCOC3)N2)nc(C(N)=O)c1N. The minimum atomic E-state index is -0.688. The van der Waals surface area contributed by atoms with E-state index in [0.29, 0.717) is 23.6 Å². The van der Waals surface area contributed by atoms with Gasteiger partial charge >= 0.3 is 0 Å². The van der Waals surface area contributed by atoms with E-state index in [2.05, 4.69) is 20.5 Å². The van der Waals surface area contributed by atoms with Crippen LogP contribution < -0.4 is 16.8 Å². The zero-order valence-electron chi connectivity index (χ0n) is 20.3. The maximum Gasteiger partial charge on any atom is 0.269 e. The fourth-order valence-electron chi connectivity index (χ4n) is 4.34. The summed E-state index contributed by atoms with van der Waals surface area (Å²) in [5.74, 6) is -0.688. The zero-order chi connectivity index (χ0) is 24.9. The second-order valence-corrected chi connectivity index (χ2v) is 8.28. The lowest BCUT2D eigenvalue weighted by atomic mass is 9.94. The second-order valence-electron chi connectivity index (χ2n) is 8.28. The van der Waals surface area contributed by atoms with E-state index in [1.165, 1.54) is 0 Å². The minimum Gasteiger partial charge on any atom is -0.396 e. The summed E-state index contributed by atoms with van der Waals surface area (Å²) in [6.07, 6.45) is 9.09. The highest BCUT2D eigenvalue weighted by Gasteiger charge is 2.24. The molecular formula is C26H32N6O3. The minimum absolute atomic E-state index is 0.0257. The summed E-state index contributed by atoms with van der Waals surface area (Å²) in [5.41, 5.74) is 17.0. The molecule has 0 radical (unpaired) electrons. The fourth-order valence-corrected chi connectivity index (χ4v) is 4.34. The molecule has 6 N–H and O–H groups in total. The van der Waals surface area contributed by atoms with Gasteiger partial charge in [-0.25, -0.2) is 4.98 Å². The Kier molecular flexibility index (Phi) is 7.48. The Hall–Kier alpha value is -3.69. The van der Waals surface area contributed by atoms with E-state index < -0.39 is 5.91 Å². The van der Waals surface area contributed by atoms with Gasteiger partial charge in [0.1, 0.15) is 6.23 Å². The predicted octanol–water partition coefficient (Wildman–Crippen LogP) is 3.66. The van der Waals surface area contributed by atoms with Gasteiger partial charge in [0.2, 0.25) is 0 Å². The first kappa shape index (κ1) is 24.4. The molecule has 4 heterocycles. The number of H-pyrrole nitrogens is 1. The molecule has 9 heteroatoms. The Morgan fingerprint density at radius 3 is 2.86 bits per heavy atom. The van der Waals surface area contributed by atoms with Crippen LogP contribution in [0.2, 0.25) is 0 Å². The second kappa shape index (κ2) is 10.7. The summed E-state index contributed by atoms with van der Waals surface area (Å²) in [6, 6.07) is 5.81. The lowest BCUT2D eigenvalue weighted by molar-refractivity contribution is -0.0746. The number of nitrogen functional groups attached to an aromatic ring is 1. The number of carbonyl (C=O) groups excluding carboxylic acids is 1. The number of rotatable bonds is 5. The number of aryl methyl sites for hydroxylation is 1. The largest absolute Gasteiger partial charge is 0.396 e. The van der Waals surface area contributed by atoms with Crippen LogP contribution >= 0.6 is 0 Å². The number of primary amides is 1. The molecule has 0 saturated carbocycles. The highest BCUT2D eigenvalue weighted by molar-refractivity contribution is 6.05. The average Bonchev–Trinajstić information content (AvgIpc) is 3.35. The summed E-state index contributed by atoms with van der Waals surface area (Å²) in [5, 5.41) is 11.4. The van der Waals surface area contributed by atoms with Crippen LogP contribution in [0.3, 0.4) is 0 Å². The average molecular weight is 477 g/mol. The first-order valence-corrected chi connectivity index (χ1v) is 11.9. The molecule has 5 rings (SSSR count). The first-order valence-electron chi connectivity index (χ1n) is 11.9. The molecule has 2 aliphatic heterocycles. The summed E-state index contributed by atoms with van der Waals surface area (Å²) in [7, 11) is 0. The van der Waals surface area contributed by atoms with Gasteiger partial charge in [0.25, 0.3) is 5.91 Å². The maximum atomic E-state index is 12.2. The van der Waals surface area contributed by atoms with Crippen molar-refractivity contribution in [3.8, 4) is 11.1 Å². The van der Waals surface area contributed by atoms with Crippen molar-refractivity contribution in [2.45, 2.75) is 45.9 Å². The standard InChI is InChI=1S/C24H26N6O3.C2H6/c1-13-7-8-17-16(11-27-30-17)21(13)15-10-19(29-23(22(15)25)24(26)31)18-5-2-6-20(28-18)33-14-4-3-9-32-12-14;1-2/h2,5-8,10-11,14,20,28H,3-4,9,12,25H2,1H3,(H2,26,31)(H,27,30);1-2H3. The van der Waals surface area contributed by atoms with E-state index in [4.69, 9.17) is 20.9 Å². The lowest BCUT2D eigenvalue weighted by Gasteiger charge is -2.29. The Labute approximate surface area is 204 Å². The summed E-state index contributed by atoms with van der Waals surface area (Å²) < 4.78 is 11.7. The Balaban J connectivity index is 0.00000141. The number of aromatic nitrogens is 3. The van der Waals surface area contributed by atoms with E-state index in [1.54, 1.807) is 6.20 Å². The summed E-state index contributed by atoms with van der Waals surface area (Å²) in [6.45, 7) is 7.34. The van der Waals surface area contributed by atoms with Crippen molar-refractivity contribution in [3.05, 3.63) is 59.6 Å². The highest BCUT2D eigenvalue weighted by Crippen LogP contribution is 2.37. The molecule has 0 spiro atoms. The van der Waals surface area contributed by atoms with Gasteiger partial charge < -0.3 is 26.3 Å². The van der Waals surface area contributed by atoms with Crippen molar-refractivity contribution in [2.24, 2.45) is 5.73 Å². The topological polar surface area (TPSA) is 141 Å². The quantitative estimate of drug-likeness (QED) is 0.440. The van der Waals surface area contributed by atoms with Crippen molar-refractivity contribution in [1.82, 2.24) is 20.5 Å². The van der Waals surface area contributed by atoms with E-state index in [0.717, 1.165) is 41.5 Å². The number of hydrogen-bond donors (Lipinski definition) is 4. The van der Waals surface area contributed by atoms with E-state index in [-0.39, 0.29) is 23.7 Å². The van der Waals surface area contributed by atoms with Crippen molar-refractivity contribution in [3.63, 3.8) is 0 Å². The van der Waals surface area contributed by atoms with Crippen molar-refractivity contribution < 1.29 is 14.3 Å². The molecule has 9 nitrogen and oxygen atoms in total. The molecule has 184 valence electrons. The number of nitrogens with two attached hydrogens (primary N) is 2. The van der Waals surface area contributed by atoms with Gasteiger partial charge in [0.05, 0.1) is 41.5 Å². The molecule has 1 amide bonds. The number of amides is 1. The van der Waals surface area contributed by atoms with Crippen LogP contribution in [0.25, 0.3) is 27.7 Å². The van der Waals surface area contributed by atoms with Crippen LogP contribution in [0.15, 0.2) is 42.6 Å². The van der Waals surface area contributed by atoms with Gasteiger partial charge in [-0.3, -0.25) is 9.89 Å². The number of dihydropyridines is 1. The first-order chi connectivity index (χ1) is 17.0. The number of fused-ring (bicyclic) bond motifs is 1. The number of anilines is 1. The molecule has 2 unspecified atom stereocenters. The summed E-state index contributed by atoms with van der Waals surface area (Å²) in [4.78, 5) is 16.7. The Bertz CT molecular complexity index is 1270. The Morgan fingerprint density at radius 1 is 1.29 bits per heavy atom. The Morgan fingerprint density at radius 2 is 2.11 bits per heavy atom. The fraction of sp³-hybridized carbons (Fsp3) is 0.346. The van der Waals surface area contributed by atoms with Crippen molar-refractivity contribution in [1.29, 1.82) is 0 Å². The van der Waals surface area contributed by atoms with Gasteiger partial charge in [-0.05, 0) is 55.2 Å². The van der Waals surface area contributed by atoms with Crippen LogP contribution in [0.4, 0.5) is 5.69 Å². The molecule has 35 heavy (non-hydrogen) atoms. The monoisotopic (exact) mass is 476 g/mol. The third-order valence-electron chi connectivity index (χ3n) is 5.97. The molecule has 2 atom stereocenters. The van der Waals surface area contributed by atoms with Crippen LogP contribution in [0.1, 0.15) is 48.4 Å². The number of nitrogens with zero attached hydrogens (tertiary/aromatic N) is 2. The van der Waals surface area contributed by atoms with Crippen LogP contribution in [-0.4, -0.2) is 46.6 Å². The number of hydrogen-bond acceptors (Lipinski definition) is 7. The summed E-state index contributed by atoms with van der Waals surface area (Å²) >= 11 is 0. The van der Waals surface area contributed by atoms with Crippen molar-refractivity contribution >= 4 is 28.2 Å². The third-order valence-corrected chi connectivity index (χ3v) is 5.97. The highest BCUT2D eigenvalue weighted by atomic mass is 16.5. The van der Waals surface area contributed by atoms with Crippen LogP contribution in [0, 0.1) is 6.92 Å². The number of ether oxygens (including phenoxy) is 2. The molecule has 2 aliphatic rings. The van der Waals surface area contributed by atoms with Crippen LogP contribution in [0.5, 0.6) is 0 Å². The smallest absolute Gasteiger partial charge is 0.269 e. The van der Waals surface area contributed by atoms with Gasteiger partial charge in [-0.15, -0.1) is 0 Å². The van der Waals surface area contributed by atoms with E-state index in [9.17, 15) is 4.79 Å². The number of aromatic amines is 1. The van der Waals surface area contributed by atoms with Crippen molar-refractivity contribution in [2.75, 3.05) is 18.9 Å². The van der Waals surface area contributed by atoms with Gasteiger partial charge in [-0.1, -0.05) is 26.0 Å². The number of allylic oxidation sites excluding steroid dienone is 2. The molecule has 2 aromatic heterocycles. The van der Waals surface area contributed by atoms with Gasteiger partial charge in [0.15, 0.2) is 5.69 Å². The normalized spacial score (nSPS) is 19.5. The predicted molar refractivity (Wildman–Crippen MR) is 137 cm³/mol. The number of nitrogens with one attached hydrogen (secondary N) is 2. The lowest BCUT2D eigenvalue weighted by Crippen LogP contribution is -2.37. The molecule has 0 bridgehead atoms. The molecule has 1 aromatic carbocycles. The van der Waals surface area contributed by atoms with Gasteiger partial charge in [-0.2, -0.15) is 5.10 Å². The van der Waals surface area contributed by atoms with E-state index in [1.807, 2.05) is 57.2 Å². The molecule has 1 fully saturated rings. The number of pyridine rings is 1. The van der Waals surface area contributed by atoms with Crippen LogP contribution in [-0.2, 0) is 9.47 Å². The number of benzene rings is 1. The van der Waals surface area contributed by atoms with Gasteiger partial charge in [0, 0.05) is 17.6 Å². The third kappa shape index (κ3) is 5.06. The molecule has 3 aromatic rings. The maximum absolute atomic E-state index is 12.2. The molecular weight excluding hydrogens is 444 g/mol. The zero-order valence-corrected chi connectivity index (χ0v) is 20.3. The van der Waals surface area contributed by atoms with E-state index >= 15 is 0 Å².